The first-order chi connectivity index (χ1) is 20.3. The standard InChI is InChI=1S/C30H45Cl2N3O7S2/c1-15(4-9-25(38)35-28-23(44(34,41)42)14-22(43(33,39)40)26(31)27(28)32)19-7-8-20-18-6-5-16-12-17(36)10-11-29(16,2)21(18)13-24(37)30(19,20)3/h14-21,24,36-37H,4-13H2,1-3H3,(H,35,38)(H2,33,39,40)(H2,34,41,42)/t15-,16-,17-,18+,19-,20+,21+,24+,29+,30-/m1/s1. The van der Waals surface area contributed by atoms with E-state index in [4.69, 9.17) is 33.5 Å². The summed E-state index contributed by atoms with van der Waals surface area (Å²) in [7, 11) is -8.95. The molecule has 0 unspecified atom stereocenters. The maximum Gasteiger partial charge on any atom is 0.240 e. The number of carbonyl (C=O) groups is 1. The Balaban J connectivity index is 1.30. The van der Waals surface area contributed by atoms with E-state index in [1.807, 2.05) is 0 Å². The van der Waals surface area contributed by atoms with Gasteiger partial charge in [0, 0.05) is 6.42 Å². The summed E-state index contributed by atoms with van der Waals surface area (Å²) >= 11 is 12.3. The number of nitrogens with one attached hydrogen (secondary N) is 1. The molecule has 4 saturated carbocycles. The molecule has 0 radical (unpaired) electrons. The van der Waals surface area contributed by atoms with Gasteiger partial charge in [-0.15, -0.1) is 0 Å². The van der Waals surface area contributed by atoms with E-state index < -0.39 is 57.6 Å². The third-order valence-electron chi connectivity index (χ3n) is 12.3. The highest BCUT2D eigenvalue weighted by atomic mass is 35.5. The monoisotopic (exact) mass is 693 g/mol. The highest BCUT2D eigenvalue weighted by Gasteiger charge is 2.63. The molecular weight excluding hydrogens is 649 g/mol. The zero-order valence-corrected chi connectivity index (χ0v) is 28.6. The summed E-state index contributed by atoms with van der Waals surface area (Å²) in [6.45, 7) is 6.73. The lowest BCUT2D eigenvalue weighted by atomic mass is 9.43. The van der Waals surface area contributed by atoms with E-state index >= 15 is 0 Å². The molecule has 0 heterocycles. The number of nitrogens with two attached hydrogens (primary N) is 2. The minimum absolute atomic E-state index is 0.0393. The number of amides is 1. The molecule has 14 heteroatoms. The summed E-state index contributed by atoms with van der Waals surface area (Å²) in [5.41, 5.74) is -0.515. The number of fused-ring (bicyclic) bond motifs is 5. The van der Waals surface area contributed by atoms with Crippen LogP contribution in [0.4, 0.5) is 5.69 Å². The first-order valence-electron chi connectivity index (χ1n) is 15.5. The smallest absolute Gasteiger partial charge is 0.240 e. The Labute approximate surface area is 270 Å². The van der Waals surface area contributed by atoms with Gasteiger partial charge in [0.15, 0.2) is 0 Å². The van der Waals surface area contributed by atoms with Crippen molar-refractivity contribution >= 4 is 54.8 Å². The molecule has 0 aliphatic heterocycles. The van der Waals surface area contributed by atoms with Gasteiger partial charge >= 0.3 is 0 Å². The second kappa shape index (κ2) is 11.9. The molecule has 1 aromatic rings. The van der Waals surface area contributed by atoms with Crippen molar-refractivity contribution in [2.75, 3.05) is 5.32 Å². The van der Waals surface area contributed by atoms with Crippen LogP contribution in [0.15, 0.2) is 15.9 Å². The number of halogens is 2. The van der Waals surface area contributed by atoms with Crippen LogP contribution in [0.25, 0.3) is 0 Å². The van der Waals surface area contributed by atoms with E-state index in [2.05, 4.69) is 26.1 Å². The van der Waals surface area contributed by atoms with E-state index in [1.165, 1.54) is 0 Å². The fourth-order valence-corrected chi connectivity index (χ4v) is 12.3. The van der Waals surface area contributed by atoms with Crippen LogP contribution in [0.1, 0.15) is 85.0 Å². The molecule has 0 bridgehead atoms. The minimum atomic E-state index is -4.52. The topological polar surface area (TPSA) is 190 Å². The van der Waals surface area contributed by atoms with Crippen molar-refractivity contribution in [3.63, 3.8) is 0 Å². The molecule has 44 heavy (non-hydrogen) atoms. The van der Waals surface area contributed by atoms with Gasteiger partial charge in [-0.05, 0) is 110 Å². The molecule has 0 saturated heterocycles. The van der Waals surface area contributed by atoms with E-state index in [1.54, 1.807) is 0 Å². The van der Waals surface area contributed by atoms with Gasteiger partial charge in [-0.25, -0.2) is 27.1 Å². The number of sulfonamides is 2. The second-order valence-corrected chi connectivity index (χ2v) is 18.2. The number of anilines is 1. The molecule has 4 aliphatic carbocycles. The summed E-state index contributed by atoms with van der Waals surface area (Å²) in [6, 6.07) is 0.692. The Morgan fingerprint density at radius 3 is 2.27 bits per heavy atom. The summed E-state index contributed by atoms with van der Waals surface area (Å²) in [5.74, 6) is 1.68. The van der Waals surface area contributed by atoms with Crippen molar-refractivity contribution in [2.45, 2.75) is 107 Å². The fraction of sp³-hybridized carbons (Fsp3) is 0.767. The minimum Gasteiger partial charge on any atom is -0.393 e. The maximum absolute atomic E-state index is 13.1. The van der Waals surface area contributed by atoms with E-state index in [0.29, 0.717) is 36.2 Å². The van der Waals surface area contributed by atoms with E-state index in [0.717, 1.165) is 51.4 Å². The van der Waals surface area contributed by atoms with Crippen LogP contribution in [0.2, 0.25) is 10.0 Å². The van der Waals surface area contributed by atoms with Gasteiger partial charge < -0.3 is 15.5 Å². The summed E-state index contributed by atoms with van der Waals surface area (Å²) in [5, 5.41) is 34.0. The molecule has 0 spiro atoms. The summed E-state index contributed by atoms with van der Waals surface area (Å²) in [6.07, 6.45) is 7.63. The molecule has 0 aromatic heterocycles. The van der Waals surface area contributed by atoms with Crippen molar-refractivity contribution < 1.29 is 31.8 Å². The van der Waals surface area contributed by atoms with Crippen LogP contribution in [0.5, 0.6) is 0 Å². The van der Waals surface area contributed by atoms with Gasteiger partial charge in [0.25, 0.3) is 0 Å². The normalized spacial score (nSPS) is 37.9. The van der Waals surface area contributed by atoms with Gasteiger partial charge in [0.05, 0.1) is 27.9 Å². The molecule has 4 fully saturated rings. The van der Waals surface area contributed by atoms with Crippen LogP contribution in [0, 0.1) is 46.3 Å². The van der Waals surface area contributed by atoms with Crippen LogP contribution < -0.4 is 15.6 Å². The quantitative estimate of drug-likeness (QED) is 0.275. The van der Waals surface area contributed by atoms with Crippen molar-refractivity contribution in [2.24, 2.45) is 56.6 Å². The third-order valence-corrected chi connectivity index (χ3v) is 15.2. The van der Waals surface area contributed by atoms with Crippen molar-refractivity contribution in [3.05, 3.63) is 16.1 Å². The summed E-state index contributed by atoms with van der Waals surface area (Å²) in [4.78, 5) is 11.7. The van der Waals surface area contributed by atoms with Gasteiger partial charge in [-0.1, -0.05) is 44.0 Å². The summed E-state index contributed by atoms with van der Waals surface area (Å²) < 4.78 is 48.4. The Hall–Kier alpha value is -0.990. The number of benzene rings is 1. The molecule has 10 atom stereocenters. The first kappa shape index (κ1) is 34.3. The van der Waals surface area contributed by atoms with Crippen LogP contribution in [0.3, 0.4) is 0 Å². The SMILES string of the molecule is C[C@H](CCC(=O)Nc1c(S(N)(=O)=O)cc(S(N)(=O)=O)c(Cl)c1Cl)[C@H]1CC[C@H]2[C@@H]3CC[C@@H]4C[C@H](O)CC[C@]4(C)[C@H]3C[C@H](O)[C@]12C. The molecule has 10 nitrogen and oxygen atoms in total. The van der Waals surface area contributed by atoms with Gasteiger partial charge in [-0.2, -0.15) is 0 Å². The van der Waals surface area contributed by atoms with Crippen molar-refractivity contribution in [1.82, 2.24) is 0 Å². The maximum atomic E-state index is 13.1. The zero-order valence-electron chi connectivity index (χ0n) is 25.4. The lowest BCUT2D eigenvalue weighted by molar-refractivity contribution is -0.174. The lowest BCUT2D eigenvalue weighted by Gasteiger charge is -2.62. The molecule has 1 aromatic carbocycles. The molecule has 248 valence electrons. The van der Waals surface area contributed by atoms with Crippen LogP contribution >= 0.6 is 23.2 Å². The van der Waals surface area contributed by atoms with Crippen molar-refractivity contribution in [3.8, 4) is 0 Å². The lowest BCUT2D eigenvalue weighted by Crippen LogP contribution is -2.58. The average Bonchev–Trinajstić information content (AvgIpc) is 3.28. The Morgan fingerprint density at radius 2 is 1.64 bits per heavy atom. The Bertz CT molecular complexity index is 1540. The highest BCUT2D eigenvalue weighted by molar-refractivity contribution is 7.90. The van der Waals surface area contributed by atoms with Crippen LogP contribution in [-0.4, -0.2) is 45.2 Å². The second-order valence-electron chi connectivity index (χ2n) is 14.4. The number of primary sulfonamides is 2. The number of rotatable bonds is 7. The van der Waals surface area contributed by atoms with Gasteiger partial charge in [0.1, 0.15) is 9.79 Å². The number of hydrogen-bond acceptors (Lipinski definition) is 7. The van der Waals surface area contributed by atoms with Gasteiger partial charge in [0.2, 0.25) is 26.0 Å². The van der Waals surface area contributed by atoms with Crippen molar-refractivity contribution in [1.29, 1.82) is 0 Å². The number of aliphatic hydroxyl groups excluding tert-OH is 2. The van der Waals surface area contributed by atoms with E-state index in [9.17, 15) is 31.8 Å². The van der Waals surface area contributed by atoms with E-state index in [-0.39, 0.29) is 35.2 Å². The first-order valence-corrected chi connectivity index (χ1v) is 19.4. The Morgan fingerprint density at radius 1 is 0.977 bits per heavy atom. The average molecular weight is 695 g/mol. The van der Waals surface area contributed by atoms with Crippen LogP contribution in [-0.2, 0) is 24.8 Å². The molecule has 7 N–H and O–H groups in total. The van der Waals surface area contributed by atoms with Gasteiger partial charge in [-0.3, -0.25) is 4.79 Å². The molecule has 1 amide bonds. The highest BCUT2D eigenvalue weighted by Crippen LogP contribution is 2.68. The third kappa shape index (κ3) is 5.84. The zero-order chi connectivity index (χ0) is 32.6. The number of carbonyl (C=O) groups excluding carboxylic acids is 1. The molecule has 4 aliphatic rings. The largest absolute Gasteiger partial charge is 0.393 e. The molecule has 5 rings (SSSR count). The molecular formula is C30H45Cl2N3O7S2. The number of aliphatic hydroxyl groups is 2. The predicted octanol–water partition coefficient (Wildman–Crippen LogP) is 4.63. The Kier molecular flexibility index (Phi) is 9.30. The predicted molar refractivity (Wildman–Crippen MR) is 169 cm³/mol. The fourth-order valence-electron chi connectivity index (χ4n) is 10.1. The number of hydrogen-bond donors (Lipinski definition) is 5.